The Kier molecular flexibility index (Phi) is 5.63. The molecule has 2 atom stereocenters. The Labute approximate surface area is 155 Å². The number of benzene rings is 1. The van der Waals surface area contributed by atoms with Gasteiger partial charge < -0.3 is 4.90 Å². The topological polar surface area (TPSA) is 37.4 Å². The summed E-state index contributed by atoms with van der Waals surface area (Å²) in [6, 6.07) is 6.23. The van der Waals surface area contributed by atoms with Crippen LogP contribution in [0.1, 0.15) is 50.2 Å². The maximum Gasteiger partial charge on any atom is 0.226 e. The molecule has 1 heterocycles. The molecule has 3 rings (SSSR count). The summed E-state index contributed by atoms with van der Waals surface area (Å²) in [5.41, 5.74) is 3.10. The highest BCUT2D eigenvalue weighted by atomic mass is 35.5. The molecule has 1 aromatic carbocycles. The lowest BCUT2D eigenvalue weighted by atomic mass is 9.88. The molecular weight excluding hydrogens is 334 g/mol. The van der Waals surface area contributed by atoms with E-state index in [4.69, 9.17) is 11.6 Å². The first-order chi connectivity index (χ1) is 12.0. The number of Topliss-reactive ketones (excluding diaryl/α,β-unsaturated/α-hetero) is 1. The van der Waals surface area contributed by atoms with Gasteiger partial charge in [-0.1, -0.05) is 36.7 Å². The highest BCUT2D eigenvalue weighted by molar-refractivity contribution is 6.31. The molecule has 1 saturated heterocycles. The molecule has 2 aliphatic rings. The number of rotatable bonds is 4. The van der Waals surface area contributed by atoms with Crippen LogP contribution in [0, 0.1) is 12.8 Å². The van der Waals surface area contributed by atoms with Crippen LogP contribution in [0.5, 0.6) is 0 Å². The van der Waals surface area contributed by atoms with Crippen LogP contribution < -0.4 is 0 Å². The minimum atomic E-state index is 0.0106. The number of amides is 1. The van der Waals surface area contributed by atoms with Crippen LogP contribution in [-0.4, -0.2) is 29.2 Å². The lowest BCUT2D eigenvalue weighted by Gasteiger charge is -2.32. The summed E-state index contributed by atoms with van der Waals surface area (Å²) in [5.74, 6) is 0.496. The predicted molar refractivity (Wildman–Crippen MR) is 101 cm³/mol. The average Bonchev–Trinajstić information content (AvgIpc) is 2.93. The lowest BCUT2D eigenvalue weighted by molar-refractivity contribution is -0.134. The Morgan fingerprint density at radius 2 is 2.08 bits per heavy atom. The number of carbonyl (C=O) groups is 2. The zero-order valence-electron chi connectivity index (χ0n) is 15.1. The highest BCUT2D eigenvalue weighted by Crippen LogP contribution is 2.32. The van der Waals surface area contributed by atoms with Crippen LogP contribution in [0.15, 0.2) is 29.8 Å². The van der Waals surface area contributed by atoms with E-state index in [0.717, 1.165) is 54.0 Å². The lowest BCUT2D eigenvalue weighted by Crippen LogP contribution is -2.41. The third-order valence-electron chi connectivity index (χ3n) is 5.44. The van der Waals surface area contributed by atoms with Crippen molar-refractivity contribution in [3.63, 3.8) is 0 Å². The van der Waals surface area contributed by atoms with Gasteiger partial charge in [-0.05, 0) is 61.8 Å². The Hall–Kier alpha value is -1.61. The van der Waals surface area contributed by atoms with Gasteiger partial charge >= 0.3 is 0 Å². The number of aryl methyl sites for hydroxylation is 1. The summed E-state index contributed by atoms with van der Waals surface area (Å²) in [7, 11) is 0. The molecule has 4 heteroatoms. The van der Waals surface area contributed by atoms with Gasteiger partial charge in [0.2, 0.25) is 5.91 Å². The molecule has 1 saturated carbocycles. The number of halogens is 1. The first-order valence-electron chi connectivity index (χ1n) is 9.27. The molecule has 0 N–H and O–H groups in total. The van der Waals surface area contributed by atoms with Gasteiger partial charge in [-0.25, -0.2) is 0 Å². The summed E-state index contributed by atoms with van der Waals surface area (Å²) in [4.78, 5) is 26.9. The second-order valence-electron chi connectivity index (χ2n) is 7.27. The first kappa shape index (κ1) is 18.2. The second kappa shape index (κ2) is 7.74. The van der Waals surface area contributed by atoms with Crippen LogP contribution in [-0.2, 0) is 16.0 Å². The van der Waals surface area contributed by atoms with E-state index in [2.05, 4.69) is 0 Å². The maximum absolute atomic E-state index is 12.9. The van der Waals surface area contributed by atoms with Crippen LogP contribution in [0.3, 0.4) is 0 Å². The first-order valence-corrected chi connectivity index (χ1v) is 9.65. The van der Waals surface area contributed by atoms with Gasteiger partial charge in [-0.2, -0.15) is 0 Å². The highest BCUT2D eigenvalue weighted by Gasteiger charge is 2.38. The van der Waals surface area contributed by atoms with Gasteiger partial charge in [0, 0.05) is 29.9 Å². The quantitative estimate of drug-likeness (QED) is 0.742. The van der Waals surface area contributed by atoms with E-state index in [-0.39, 0.29) is 23.7 Å². The molecule has 1 amide bonds. The third kappa shape index (κ3) is 3.98. The summed E-state index contributed by atoms with van der Waals surface area (Å²) < 4.78 is 0. The smallest absolute Gasteiger partial charge is 0.226 e. The Balaban J connectivity index is 1.67. The maximum atomic E-state index is 12.9. The number of ketones is 1. The average molecular weight is 360 g/mol. The van der Waals surface area contributed by atoms with E-state index in [0.29, 0.717) is 12.8 Å². The van der Waals surface area contributed by atoms with Gasteiger partial charge in [0.05, 0.1) is 0 Å². The molecule has 0 spiro atoms. The summed E-state index contributed by atoms with van der Waals surface area (Å²) in [6.07, 6.45) is 6.56. The van der Waals surface area contributed by atoms with Gasteiger partial charge in [0.15, 0.2) is 5.78 Å². The zero-order valence-corrected chi connectivity index (χ0v) is 15.8. The number of hydrogen-bond donors (Lipinski definition) is 0. The van der Waals surface area contributed by atoms with E-state index in [1.807, 2.05) is 43.0 Å². The molecule has 0 bridgehead atoms. The van der Waals surface area contributed by atoms with Crippen LogP contribution in [0.4, 0.5) is 0 Å². The zero-order chi connectivity index (χ0) is 18.0. The molecule has 1 aliphatic heterocycles. The molecule has 1 aromatic rings. The van der Waals surface area contributed by atoms with Crippen molar-refractivity contribution >= 4 is 23.3 Å². The van der Waals surface area contributed by atoms with Gasteiger partial charge in [0.25, 0.3) is 0 Å². The van der Waals surface area contributed by atoms with Crippen LogP contribution in [0.25, 0.3) is 0 Å². The number of carbonyl (C=O) groups excluding carboxylic acids is 2. The molecule has 2 fully saturated rings. The summed E-state index contributed by atoms with van der Waals surface area (Å²) in [6.45, 7) is 4.86. The van der Waals surface area contributed by atoms with Gasteiger partial charge in [0.1, 0.15) is 0 Å². The summed E-state index contributed by atoms with van der Waals surface area (Å²) in [5, 5.41) is 0.752. The van der Waals surface area contributed by atoms with E-state index >= 15 is 0 Å². The number of nitrogens with zero attached hydrogens (tertiary/aromatic N) is 1. The molecule has 134 valence electrons. The standard InChI is InChI=1S/C21H26ClNO2/c1-3-4-16-13-18(7-8-20(16)24)23-10-9-17(21(23)25)12-15-6-5-14(2)11-19(15)22/h4-6,11,17-18H,3,7-10,12-13H2,1-2H3/b16-4+. The van der Waals surface area contributed by atoms with E-state index in [9.17, 15) is 9.59 Å². The Bertz CT molecular complexity index is 710. The SMILES string of the molecule is CC/C=C1\CC(N2CCC(Cc3ccc(C)cc3Cl)C2=O)CCC1=O. The number of likely N-dealkylation sites (tertiary alicyclic amines) is 1. The minimum absolute atomic E-state index is 0.0106. The van der Waals surface area contributed by atoms with Gasteiger partial charge in [-0.3, -0.25) is 9.59 Å². The largest absolute Gasteiger partial charge is 0.339 e. The Morgan fingerprint density at radius 1 is 1.28 bits per heavy atom. The summed E-state index contributed by atoms with van der Waals surface area (Å²) >= 11 is 6.34. The van der Waals surface area contributed by atoms with Crippen molar-refractivity contribution in [2.75, 3.05) is 6.54 Å². The van der Waals surface area contributed by atoms with Crippen molar-refractivity contribution in [2.24, 2.45) is 5.92 Å². The van der Waals surface area contributed by atoms with Crippen LogP contribution in [0.2, 0.25) is 5.02 Å². The van der Waals surface area contributed by atoms with Crippen molar-refractivity contribution in [1.29, 1.82) is 0 Å². The molecule has 3 nitrogen and oxygen atoms in total. The Morgan fingerprint density at radius 3 is 2.80 bits per heavy atom. The molecule has 25 heavy (non-hydrogen) atoms. The van der Waals surface area contributed by atoms with E-state index in [1.54, 1.807) is 0 Å². The molecule has 2 unspecified atom stereocenters. The van der Waals surface area contributed by atoms with Crippen molar-refractivity contribution in [1.82, 2.24) is 4.90 Å². The van der Waals surface area contributed by atoms with Crippen molar-refractivity contribution < 1.29 is 9.59 Å². The number of allylic oxidation sites excluding steroid dienone is 1. The van der Waals surface area contributed by atoms with E-state index in [1.165, 1.54) is 0 Å². The van der Waals surface area contributed by atoms with Crippen molar-refractivity contribution in [3.8, 4) is 0 Å². The second-order valence-corrected chi connectivity index (χ2v) is 7.68. The van der Waals surface area contributed by atoms with Crippen LogP contribution >= 0.6 is 11.6 Å². The fourth-order valence-electron chi connectivity index (χ4n) is 4.04. The minimum Gasteiger partial charge on any atom is -0.339 e. The molecule has 1 aliphatic carbocycles. The predicted octanol–water partition coefficient (Wildman–Crippen LogP) is 4.50. The molecule has 0 radical (unpaired) electrons. The van der Waals surface area contributed by atoms with Crippen molar-refractivity contribution in [2.45, 2.75) is 58.4 Å². The third-order valence-corrected chi connectivity index (χ3v) is 5.79. The molecular formula is C21H26ClNO2. The fourth-order valence-corrected chi connectivity index (χ4v) is 4.35. The normalized spacial score (nSPS) is 25.9. The monoisotopic (exact) mass is 359 g/mol. The van der Waals surface area contributed by atoms with Crippen molar-refractivity contribution in [3.05, 3.63) is 46.0 Å². The van der Waals surface area contributed by atoms with Gasteiger partial charge in [-0.15, -0.1) is 0 Å². The van der Waals surface area contributed by atoms with E-state index < -0.39 is 0 Å². The fraction of sp³-hybridized carbons (Fsp3) is 0.524. The number of hydrogen-bond acceptors (Lipinski definition) is 2. The molecule has 0 aromatic heterocycles.